The molecule has 0 saturated carbocycles. The second kappa shape index (κ2) is 5.53. The zero-order valence-electron chi connectivity index (χ0n) is 10.5. The van der Waals surface area contributed by atoms with Crippen molar-refractivity contribution in [2.75, 3.05) is 6.79 Å². The van der Waals surface area contributed by atoms with Gasteiger partial charge in [0, 0.05) is 22.4 Å². The molecule has 2 heterocycles. The number of hydrogen-bond donors (Lipinski definition) is 1. The minimum atomic E-state index is 0.313. The number of fused-ring (bicyclic) bond motifs is 1. The Morgan fingerprint density at radius 1 is 1.26 bits per heavy atom. The summed E-state index contributed by atoms with van der Waals surface area (Å²) in [6.07, 6.45) is 0. The second-order valence-electron chi connectivity index (χ2n) is 4.43. The Balaban J connectivity index is 1.66. The zero-order chi connectivity index (χ0) is 13.2. The van der Waals surface area contributed by atoms with Gasteiger partial charge in [0.1, 0.15) is 0 Å². The molecule has 0 aliphatic carbocycles. The van der Waals surface area contributed by atoms with Crippen LogP contribution in [-0.4, -0.2) is 6.79 Å². The molecule has 2 aromatic rings. The molecule has 100 valence electrons. The molecule has 3 rings (SSSR count). The van der Waals surface area contributed by atoms with Crippen molar-refractivity contribution in [1.82, 2.24) is 5.32 Å². The van der Waals surface area contributed by atoms with Gasteiger partial charge in [0.15, 0.2) is 11.5 Å². The van der Waals surface area contributed by atoms with Crippen LogP contribution in [0.25, 0.3) is 0 Å². The molecule has 1 N–H and O–H groups in total. The van der Waals surface area contributed by atoms with Gasteiger partial charge >= 0.3 is 0 Å². The molecule has 0 radical (unpaired) electrons. The van der Waals surface area contributed by atoms with E-state index in [4.69, 9.17) is 9.47 Å². The van der Waals surface area contributed by atoms with Gasteiger partial charge in [0.05, 0.1) is 0 Å². The molecular weight excluding hydrogens is 326 g/mol. The van der Waals surface area contributed by atoms with Gasteiger partial charge in [0.25, 0.3) is 0 Å². The van der Waals surface area contributed by atoms with Crippen molar-refractivity contribution in [2.45, 2.75) is 20.0 Å². The lowest BCUT2D eigenvalue weighted by Gasteiger charge is -2.08. The molecule has 3 nitrogen and oxygen atoms in total. The van der Waals surface area contributed by atoms with Crippen LogP contribution in [0.2, 0.25) is 0 Å². The molecule has 0 bridgehead atoms. The van der Waals surface area contributed by atoms with Crippen LogP contribution >= 0.6 is 27.3 Å². The fraction of sp³-hybridized carbons (Fsp3) is 0.286. The van der Waals surface area contributed by atoms with Gasteiger partial charge in [-0.2, -0.15) is 0 Å². The van der Waals surface area contributed by atoms with E-state index in [1.165, 1.54) is 16.0 Å². The van der Waals surface area contributed by atoms with E-state index in [1.54, 1.807) is 11.3 Å². The molecular formula is C14H14BrNO2S. The van der Waals surface area contributed by atoms with Crippen LogP contribution in [-0.2, 0) is 13.1 Å². The van der Waals surface area contributed by atoms with Crippen LogP contribution in [0, 0.1) is 6.92 Å². The number of rotatable bonds is 4. The molecule has 5 heteroatoms. The van der Waals surface area contributed by atoms with Gasteiger partial charge < -0.3 is 14.8 Å². The molecule has 0 amide bonds. The van der Waals surface area contributed by atoms with Crippen LogP contribution in [0.5, 0.6) is 11.5 Å². The van der Waals surface area contributed by atoms with Crippen LogP contribution in [0.3, 0.4) is 0 Å². The average molecular weight is 340 g/mol. The maximum absolute atomic E-state index is 5.40. The van der Waals surface area contributed by atoms with Crippen molar-refractivity contribution < 1.29 is 9.47 Å². The molecule has 1 aliphatic heterocycles. The Bertz CT molecular complexity index is 597. The van der Waals surface area contributed by atoms with Gasteiger partial charge in [-0.1, -0.05) is 15.9 Å². The summed E-state index contributed by atoms with van der Waals surface area (Å²) in [6.45, 7) is 4.15. The van der Waals surface area contributed by atoms with E-state index in [9.17, 15) is 0 Å². The Labute approximate surface area is 124 Å². The van der Waals surface area contributed by atoms with Crippen molar-refractivity contribution in [3.63, 3.8) is 0 Å². The minimum Gasteiger partial charge on any atom is -0.454 e. The maximum Gasteiger partial charge on any atom is 0.231 e. The van der Waals surface area contributed by atoms with Gasteiger partial charge in [0.2, 0.25) is 6.79 Å². The standard InChI is InChI=1S/C14H14BrNO2S/c1-9-2-3-19-14(9)7-16-6-10-4-12-13(5-11(10)15)18-8-17-12/h2-5,16H,6-8H2,1H3. The number of aryl methyl sites for hydroxylation is 1. The first-order chi connectivity index (χ1) is 9.24. The molecule has 1 aliphatic rings. The predicted molar refractivity (Wildman–Crippen MR) is 79.9 cm³/mol. The Morgan fingerprint density at radius 2 is 2.05 bits per heavy atom. The first-order valence-corrected chi connectivity index (χ1v) is 7.73. The van der Waals surface area contributed by atoms with Gasteiger partial charge in [-0.25, -0.2) is 0 Å². The molecule has 0 atom stereocenters. The molecule has 19 heavy (non-hydrogen) atoms. The minimum absolute atomic E-state index is 0.313. The lowest BCUT2D eigenvalue weighted by molar-refractivity contribution is 0.174. The van der Waals surface area contributed by atoms with E-state index >= 15 is 0 Å². The summed E-state index contributed by atoms with van der Waals surface area (Å²) in [4.78, 5) is 1.39. The highest BCUT2D eigenvalue weighted by Crippen LogP contribution is 2.36. The van der Waals surface area contributed by atoms with Crippen LogP contribution in [0.4, 0.5) is 0 Å². The Morgan fingerprint density at radius 3 is 2.79 bits per heavy atom. The molecule has 1 aromatic heterocycles. The average Bonchev–Trinajstić information content (AvgIpc) is 2.99. The van der Waals surface area contributed by atoms with E-state index in [-0.39, 0.29) is 0 Å². The van der Waals surface area contributed by atoms with E-state index in [0.717, 1.165) is 29.1 Å². The molecule has 1 aromatic carbocycles. The van der Waals surface area contributed by atoms with E-state index in [2.05, 4.69) is 39.6 Å². The maximum atomic E-state index is 5.40. The summed E-state index contributed by atoms with van der Waals surface area (Å²) in [5, 5.41) is 5.59. The third kappa shape index (κ3) is 2.78. The fourth-order valence-electron chi connectivity index (χ4n) is 1.99. The largest absolute Gasteiger partial charge is 0.454 e. The first-order valence-electron chi connectivity index (χ1n) is 6.06. The third-order valence-corrected chi connectivity index (χ3v) is 4.87. The lowest BCUT2D eigenvalue weighted by Crippen LogP contribution is -2.12. The van der Waals surface area contributed by atoms with Crippen LogP contribution in [0.15, 0.2) is 28.1 Å². The highest BCUT2D eigenvalue weighted by molar-refractivity contribution is 9.10. The molecule has 0 spiro atoms. The van der Waals surface area contributed by atoms with E-state index in [1.807, 2.05) is 12.1 Å². The summed E-state index contributed by atoms with van der Waals surface area (Å²) >= 11 is 5.36. The van der Waals surface area contributed by atoms with Crippen LogP contribution in [0.1, 0.15) is 16.0 Å². The summed E-state index contributed by atoms with van der Waals surface area (Å²) in [7, 11) is 0. The zero-order valence-corrected chi connectivity index (χ0v) is 12.9. The number of benzene rings is 1. The Hall–Kier alpha value is -1.04. The van der Waals surface area contributed by atoms with Gasteiger partial charge in [-0.15, -0.1) is 11.3 Å². The van der Waals surface area contributed by atoms with E-state index < -0.39 is 0 Å². The van der Waals surface area contributed by atoms with Crippen molar-refractivity contribution in [1.29, 1.82) is 0 Å². The molecule has 0 unspecified atom stereocenters. The summed E-state index contributed by atoms with van der Waals surface area (Å²) in [5.41, 5.74) is 2.53. The highest BCUT2D eigenvalue weighted by Gasteiger charge is 2.16. The highest BCUT2D eigenvalue weighted by atomic mass is 79.9. The summed E-state index contributed by atoms with van der Waals surface area (Å²) < 4.78 is 11.8. The number of halogens is 1. The first kappa shape index (κ1) is 13.0. The number of nitrogens with one attached hydrogen (secondary N) is 1. The van der Waals surface area contributed by atoms with Gasteiger partial charge in [-0.3, -0.25) is 0 Å². The molecule has 0 fully saturated rings. The molecule has 0 saturated heterocycles. The SMILES string of the molecule is Cc1ccsc1CNCc1cc2c(cc1Br)OCO2. The van der Waals surface area contributed by atoms with Crippen molar-refractivity contribution in [3.8, 4) is 11.5 Å². The number of hydrogen-bond acceptors (Lipinski definition) is 4. The topological polar surface area (TPSA) is 30.5 Å². The van der Waals surface area contributed by atoms with Gasteiger partial charge in [-0.05, 0) is 41.6 Å². The fourth-order valence-corrected chi connectivity index (χ4v) is 3.33. The Kier molecular flexibility index (Phi) is 3.77. The third-order valence-electron chi connectivity index (χ3n) is 3.11. The smallest absolute Gasteiger partial charge is 0.231 e. The van der Waals surface area contributed by atoms with Crippen molar-refractivity contribution in [2.24, 2.45) is 0 Å². The van der Waals surface area contributed by atoms with Crippen LogP contribution < -0.4 is 14.8 Å². The summed E-state index contributed by atoms with van der Waals surface area (Å²) in [5.74, 6) is 1.64. The summed E-state index contributed by atoms with van der Waals surface area (Å²) in [6, 6.07) is 6.15. The lowest BCUT2D eigenvalue weighted by atomic mass is 10.2. The second-order valence-corrected chi connectivity index (χ2v) is 6.28. The van der Waals surface area contributed by atoms with Crippen molar-refractivity contribution in [3.05, 3.63) is 44.1 Å². The predicted octanol–water partition coefficient (Wildman–Crippen LogP) is 3.84. The monoisotopic (exact) mass is 339 g/mol. The van der Waals surface area contributed by atoms with E-state index in [0.29, 0.717) is 6.79 Å². The number of ether oxygens (including phenoxy) is 2. The number of thiophene rings is 1. The normalized spacial score (nSPS) is 12.9. The van der Waals surface area contributed by atoms with Crippen molar-refractivity contribution >= 4 is 27.3 Å². The quantitative estimate of drug-likeness (QED) is 0.917.